The Balaban J connectivity index is 1.88. The zero-order chi connectivity index (χ0) is 9.68. The van der Waals surface area contributed by atoms with Crippen LogP contribution in [0.15, 0.2) is 0 Å². The lowest BCUT2D eigenvalue weighted by Gasteiger charge is -2.03. The van der Waals surface area contributed by atoms with Gasteiger partial charge in [0.05, 0.1) is 6.61 Å². The summed E-state index contributed by atoms with van der Waals surface area (Å²) < 4.78 is 4.86. The van der Waals surface area contributed by atoms with E-state index in [9.17, 15) is 9.59 Å². The van der Waals surface area contributed by atoms with Gasteiger partial charge in [0.1, 0.15) is 6.61 Å². The van der Waals surface area contributed by atoms with Gasteiger partial charge < -0.3 is 15.8 Å². The molecule has 1 fully saturated rings. The number of nitrogens with two attached hydrogens (primary N) is 1. The normalized spacial score (nSPS) is 15.4. The minimum absolute atomic E-state index is 0.0840. The molecule has 13 heavy (non-hydrogen) atoms. The Bertz CT molecular complexity index is 202. The Morgan fingerprint density at radius 1 is 1.46 bits per heavy atom. The summed E-state index contributed by atoms with van der Waals surface area (Å²) in [6.45, 7) is 0.698. The van der Waals surface area contributed by atoms with E-state index >= 15 is 0 Å². The lowest BCUT2D eigenvalue weighted by Crippen LogP contribution is -2.29. The zero-order valence-corrected chi connectivity index (χ0v) is 7.41. The van der Waals surface area contributed by atoms with E-state index in [1.54, 1.807) is 0 Å². The molecule has 0 aromatic carbocycles. The molecule has 0 bridgehead atoms. The van der Waals surface area contributed by atoms with Crippen molar-refractivity contribution in [3.8, 4) is 0 Å². The number of hydrogen-bond donors (Lipinski definition) is 2. The second-order valence-corrected chi connectivity index (χ2v) is 3.08. The molecule has 1 aliphatic carbocycles. The number of hydrogen-bond acceptors (Lipinski definition) is 3. The standard InChI is InChI=1S/C8H14N2O3/c9-7(11)5-13-4-3-10-8(12)6-1-2-6/h6H,1-5H2,(H2,9,11)(H,10,12). The Kier molecular flexibility index (Phi) is 3.70. The van der Waals surface area contributed by atoms with Crippen LogP contribution in [-0.2, 0) is 14.3 Å². The summed E-state index contributed by atoms with van der Waals surface area (Å²) in [7, 11) is 0. The highest BCUT2D eigenvalue weighted by Gasteiger charge is 2.28. The smallest absolute Gasteiger partial charge is 0.243 e. The van der Waals surface area contributed by atoms with Crippen LogP contribution in [0.2, 0.25) is 0 Å². The molecule has 3 N–H and O–H groups in total. The third kappa shape index (κ3) is 4.47. The highest BCUT2D eigenvalue weighted by molar-refractivity contribution is 5.80. The second kappa shape index (κ2) is 4.81. The first-order valence-corrected chi connectivity index (χ1v) is 4.34. The van der Waals surface area contributed by atoms with Crippen molar-refractivity contribution in [1.29, 1.82) is 0 Å². The van der Waals surface area contributed by atoms with Crippen LogP contribution in [0.5, 0.6) is 0 Å². The molecule has 2 amide bonds. The number of carbonyl (C=O) groups excluding carboxylic acids is 2. The molecule has 0 unspecified atom stereocenters. The van der Waals surface area contributed by atoms with Crippen molar-refractivity contribution in [1.82, 2.24) is 5.32 Å². The molecule has 5 nitrogen and oxygen atoms in total. The minimum atomic E-state index is -0.492. The van der Waals surface area contributed by atoms with Gasteiger partial charge in [-0.1, -0.05) is 0 Å². The van der Waals surface area contributed by atoms with Gasteiger partial charge in [0.2, 0.25) is 11.8 Å². The molecule has 0 aromatic heterocycles. The van der Waals surface area contributed by atoms with E-state index in [2.05, 4.69) is 5.32 Å². The molecule has 0 aliphatic heterocycles. The monoisotopic (exact) mass is 186 g/mol. The fourth-order valence-electron chi connectivity index (χ4n) is 0.909. The average molecular weight is 186 g/mol. The molecule has 0 heterocycles. The van der Waals surface area contributed by atoms with E-state index < -0.39 is 5.91 Å². The zero-order valence-electron chi connectivity index (χ0n) is 7.41. The molecule has 0 atom stereocenters. The molecular weight excluding hydrogens is 172 g/mol. The average Bonchev–Trinajstić information content (AvgIpc) is 2.85. The number of carbonyl (C=O) groups is 2. The molecule has 1 saturated carbocycles. The molecular formula is C8H14N2O3. The van der Waals surface area contributed by atoms with Crippen LogP contribution < -0.4 is 11.1 Å². The Hall–Kier alpha value is -1.10. The summed E-state index contributed by atoms with van der Waals surface area (Å²) in [4.78, 5) is 21.3. The van der Waals surface area contributed by atoms with Crippen LogP contribution in [0.1, 0.15) is 12.8 Å². The maximum Gasteiger partial charge on any atom is 0.243 e. The summed E-state index contributed by atoms with van der Waals surface area (Å²) in [5.74, 6) is -0.188. The molecule has 0 aromatic rings. The number of ether oxygens (including phenoxy) is 1. The van der Waals surface area contributed by atoms with Gasteiger partial charge in [0.25, 0.3) is 0 Å². The fourth-order valence-corrected chi connectivity index (χ4v) is 0.909. The Morgan fingerprint density at radius 3 is 2.69 bits per heavy atom. The maximum absolute atomic E-state index is 11.0. The molecule has 0 spiro atoms. The molecule has 1 rings (SSSR count). The lowest BCUT2D eigenvalue weighted by atomic mass is 10.4. The first-order chi connectivity index (χ1) is 6.20. The van der Waals surface area contributed by atoms with Gasteiger partial charge in [-0.2, -0.15) is 0 Å². The van der Waals surface area contributed by atoms with Crippen molar-refractivity contribution in [2.45, 2.75) is 12.8 Å². The quantitative estimate of drug-likeness (QED) is 0.523. The third-order valence-corrected chi connectivity index (χ3v) is 1.74. The third-order valence-electron chi connectivity index (χ3n) is 1.74. The fraction of sp³-hybridized carbons (Fsp3) is 0.750. The van der Waals surface area contributed by atoms with Gasteiger partial charge in [-0.15, -0.1) is 0 Å². The van der Waals surface area contributed by atoms with E-state index in [1.807, 2.05) is 0 Å². The first kappa shape index (κ1) is 9.98. The van der Waals surface area contributed by atoms with Crippen LogP contribution in [0, 0.1) is 5.92 Å². The number of amides is 2. The summed E-state index contributed by atoms with van der Waals surface area (Å²) in [6, 6.07) is 0. The molecule has 5 heteroatoms. The van der Waals surface area contributed by atoms with E-state index in [0.717, 1.165) is 12.8 Å². The van der Waals surface area contributed by atoms with Crippen LogP contribution in [0.4, 0.5) is 0 Å². The van der Waals surface area contributed by atoms with Crippen LogP contribution in [0.3, 0.4) is 0 Å². The van der Waals surface area contributed by atoms with Gasteiger partial charge in [-0.05, 0) is 12.8 Å². The van der Waals surface area contributed by atoms with Crippen molar-refractivity contribution in [2.75, 3.05) is 19.8 Å². The maximum atomic E-state index is 11.0. The largest absolute Gasteiger partial charge is 0.370 e. The summed E-state index contributed by atoms with van der Waals surface area (Å²) in [5.41, 5.74) is 4.84. The van der Waals surface area contributed by atoms with E-state index in [4.69, 9.17) is 10.5 Å². The van der Waals surface area contributed by atoms with Crippen molar-refractivity contribution in [2.24, 2.45) is 11.7 Å². The second-order valence-electron chi connectivity index (χ2n) is 3.08. The van der Waals surface area contributed by atoms with Crippen molar-refractivity contribution >= 4 is 11.8 Å². The minimum Gasteiger partial charge on any atom is -0.370 e. The first-order valence-electron chi connectivity index (χ1n) is 4.34. The molecule has 0 radical (unpaired) electrons. The molecule has 74 valence electrons. The van der Waals surface area contributed by atoms with E-state index in [0.29, 0.717) is 13.2 Å². The van der Waals surface area contributed by atoms with Gasteiger partial charge in [-0.3, -0.25) is 9.59 Å². The predicted molar refractivity (Wildman–Crippen MR) is 45.7 cm³/mol. The number of rotatable bonds is 6. The van der Waals surface area contributed by atoms with Crippen LogP contribution in [0.25, 0.3) is 0 Å². The SMILES string of the molecule is NC(=O)COCCNC(=O)C1CC1. The van der Waals surface area contributed by atoms with E-state index in [1.165, 1.54) is 0 Å². The highest BCUT2D eigenvalue weighted by atomic mass is 16.5. The number of nitrogens with one attached hydrogen (secondary N) is 1. The van der Waals surface area contributed by atoms with Gasteiger partial charge in [-0.25, -0.2) is 0 Å². The topological polar surface area (TPSA) is 81.4 Å². The Morgan fingerprint density at radius 2 is 2.15 bits per heavy atom. The summed E-state index contributed by atoms with van der Waals surface area (Å²) >= 11 is 0. The summed E-state index contributed by atoms with van der Waals surface area (Å²) in [6.07, 6.45) is 1.99. The lowest BCUT2D eigenvalue weighted by molar-refractivity contribution is -0.123. The van der Waals surface area contributed by atoms with Gasteiger partial charge in [0, 0.05) is 12.5 Å². The van der Waals surface area contributed by atoms with Crippen LogP contribution >= 0.6 is 0 Å². The Labute approximate surface area is 76.6 Å². The number of primary amides is 1. The highest BCUT2D eigenvalue weighted by Crippen LogP contribution is 2.28. The molecule has 1 aliphatic rings. The van der Waals surface area contributed by atoms with Gasteiger partial charge >= 0.3 is 0 Å². The van der Waals surface area contributed by atoms with Crippen molar-refractivity contribution in [3.63, 3.8) is 0 Å². The predicted octanol–water partition coefficient (Wildman–Crippen LogP) is -0.985. The molecule has 0 saturated heterocycles. The van der Waals surface area contributed by atoms with Crippen molar-refractivity contribution in [3.05, 3.63) is 0 Å². The summed E-state index contributed by atoms with van der Waals surface area (Å²) in [5, 5.41) is 2.70. The van der Waals surface area contributed by atoms with Gasteiger partial charge in [0.15, 0.2) is 0 Å². The van der Waals surface area contributed by atoms with Crippen molar-refractivity contribution < 1.29 is 14.3 Å². The van der Waals surface area contributed by atoms with Crippen LogP contribution in [-0.4, -0.2) is 31.6 Å². The van der Waals surface area contributed by atoms with E-state index in [-0.39, 0.29) is 18.4 Å².